The number of rotatable bonds is 4. The highest BCUT2D eigenvalue weighted by atomic mass is 16.3. The third-order valence-electron chi connectivity index (χ3n) is 5.09. The first-order valence-corrected chi connectivity index (χ1v) is 9.28. The van der Waals surface area contributed by atoms with Gasteiger partial charge < -0.3 is 14.6 Å². The predicted octanol–water partition coefficient (Wildman–Crippen LogP) is 5.28. The van der Waals surface area contributed by atoms with Crippen molar-refractivity contribution < 1.29 is 9.21 Å². The molecule has 0 spiro atoms. The van der Waals surface area contributed by atoms with Gasteiger partial charge in [0.1, 0.15) is 11.3 Å². The van der Waals surface area contributed by atoms with E-state index < -0.39 is 0 Å². The van der Waals surface area contributed by atoms with E-state index >= 15 is 0 Å². The predicted molar refractivity (Wildman–Crippen MR) is 104 cm³/mol. The fourth-order valence-corrected chi connectivity index (χ4v) is 3.69. The highest BCUT2D eigenvalue weighted by Gasteiger charge is 2.28. The standard InChI is InChI=1S/C22H21N3O2/c23-14-16-9-11-18(12-10-16)24-22(26)25(19-6-2-3-7-19)15-20-13-17-5-1-4-8-21(17)27-20/h1,4-5,8-13,19H,2-3,6-7,15H2,(H,24,26). The van der Waals surface area contributed by atoms with Crippen LogP contribution in [-0.2, 0) is 6.54 Å². The van der Waals surface area contributed by atoms with E-state index in [2.05, 4.69) is 11.4 Å². The second kappa shape index (κ2) is 7.55. The Morgan fingerprint density at radius 2 is 1.89 bits per heavy atom. The minimum Gasteiger partial charge on any atom is -0.459 e. The summed E-state index contributed by atoms with van der Waals surface area (Å²) in [5.41, 5.74) is 2.10. The van der Waals surface area contributed by atoms with Crippen LogP contribution in [0.5, 0.6) is 0 Å². The Kier molecular flexibility index (Phi) is 4.80. The average molecular weight is 359 g/mol. The number of carbonyl (C=O) groups excluding carboxylic acids is 1. The van der Waals surface area contributed by atoms with E-state index in [0.29, 0.717) is 17.8 Å². The molecule has 1 aromatic heterocycles. The van der Waals surface area contributed by atoms with Gasteiger partial charge in [-0.25, -0.2) is 4.79 Å². The molecule has 1 N–H and O–H groups in total. The zero-order valence-electron chi connectivity index (χ0n) is 15.0. The highest BCUT2D eigenvalue weighted by molar-refractivity contribution is 5.89. The van der Waals surface area contributed by atoms with Crippen LogP contribution < -0.4 is 5.32 Å². The van der Waals surface area contributed by atoms with Crippen LogP contribution >= 0.6 is 0 Å². The van der Waals surface area contributed by atoms with Crippen molar-refractivity contribution >= 4 is 22.7 Å². The van der Waals surface area contributed by atoms with Gasteiger partial charge in [-0.1, -0.05) is 31.0 Å². The molecule has 0 radical (unpaired) electrons. The normalized spacial score (nSPS) is 14.2. The SMILES string of the molecule is N#Cc1ccc(NC(=O)N(Cc2cc3ccccc3o2)C2CCCC2)cc1. The van der Waals surface area contributed by atoms with E-state index in [0.717, 1.165) is 42.4 Å². The van der Waals surface area contributed by atoms with Crippen LogP contribution in [0.1, 0.15) is 37.0 Å². The second-order valence-electron chi connectivity index (χ2n) is 6.94. The third kappa shape index (κ3) is 3.80. The van der Waals surface area contributed by atoms with Gasteiger partial charge in [0.05, 0.1) is 18.2 Å². The van der Waals surface area contributed by atoms with Gasteiger partial charge in [0.25, 0.3) is 0 Å². The summed E-state index contributed by atoms with van der Waals surface area (Å²) >= 11 is 0. The number of fused-ring (bicyclic) bond motifs is 1. The first-order valence-electron chi connectivity index (χ1n) is 9.28. The first-order chi connectivity index (χ1) is 13.2. The molecule has 1 heterocycles. The lowest BCUT2D eigenvalue weighted by atomic mass is 10.2. The average Bonchev–Trinajstić information content (AvgIpc) is 3.36. The van der Waals surface area contributed by atoms with Gasteiger partial charge in [0.2, 0.25) is 0 Å². The van der Waals surface area contributed by atoms with Crippen molar-refractivity contribution in [2.75, 3.05) is 5.32 Å². The van der Waals surface area contributed by atoms with Crippen molar-refractivity contribution in [1.82, 2.24) is 4.90 Å². The van der Waals surface area contributed by atoms with Gasteiger partial charge in [-0.15, -0.1) is 0 Å². The lowest BCUT2D eigenvalue weighted by molar-refractivity contribution is 0.179. The monoisotopic (exact) mass is 359 g/mol. The van der Waals surface area contributed by atoms with E-state index in [-0.39, 0.29) is 12.1 Å². The lowest BCUT2D eigenvalue weighted by Crippen LogP contribution is -2.41. The molecule has 5 nitrogen and oxygen atoms in total. The molecule has 1 aliphatic rings. The fraction of sp³-hybridized carbons (Fsp3) is 0.273. The molecule has 1 saturated carbocycles. The zero-order chi connectivity index (χ0) is 18.6. The van der Waals surface area contributed by atoms with Gasteiger partial charge in [-0.3, -0.25) is 0 Å². The summed E-state index contributed by atoms with van der Waals surface area (Å²) in [6.07, 6.45) is 4.32. The first kappa shape index (κ1) is 17.2. The molecule has 2 aromatic carbocycles. The van der Waals surface area contributed by atoms with E-state index in [1.807, 2.05) is 35.2 Å². The van der Waals surface area contributed by atoms with Gasteiger partial charge in [-0.2, -0.15) is 5.26 Å². The van der Waals surface area contributed by atoms with Crippen molar-refractivity contribution in [1.29, 1.82) is 5.26 Å². The summed E-state index contributed by atoms with van der Waals surface area (Å²) < 4.78 is 5.93. The lowest BCUT2D eigenvalue weighted by Gasteiger charge is -2.28. The molecule has 0 bridgehead atoms. The number of anilines is 1. The molecule has 5 heteroatoms. The van der Waals surface area contributed by atoms with Gasteiger partial charge in [-0.05, 0) is 49.2 Å². The molecule has 4 rings (SSSR count). The van der Waals surface area contributed by atoms with Crippen molar-refractivity contribution in [3.8, 4) is 6.07 Å². The Hall–Kier alpha value is -3.26. The largest absolute Gasteiger partial charge is 0.459 e. The molecular formula is C22H21N3O2. The smallest absolute Gasteiger partial charge is 0.322 e. The molecule has 0 saturated heterocycles. The summed E-state index contributed by atoms with van der Waals surface area (Å²) in [6, 6.07) is 19.0. The number of hydrogen-bond donors (Lipinski definition) is 1. The van der Waals surface area contributed by atoms with Crippen LogP contribution in [0.2, 0.25) is 0 Å². The molecule has 1 fully saturated rings. The van der Waals surface area contributed by atoms with Gasteiger partial charge >= 0.3 is 6.03 Å². The molecule has 2 amide bonds. The number of urea groups is 1. The minimum atomic E-state index is -0.132. The van der Waals surface area contributed by atoms with Crippen LogP contribution in [-0.4, -0.2) is 17.0 Å². The number of furan rings is 1. The summed E-state index contributed by atoms with van der Waals surface area (Å²) in [6.45, 7) is 0.446. The summed E-state index contributed by atoms with van der Waals surface area (Å²) in [5, 5.41) is 12.9. The Labute approximate surface area is 158 Å². The number of para-hydroxylation sites is 1. The van der Waals surface area contributed by atoms with E-state index in [1.54, 1.807) is 24.3 Å². The van der Waals surface area contributed by atoms with Crippen LogP contribution in [0, 0.1) is 11.3 Å². The molecule has 136 valence electrons. The zero-order valence-corrected chi connectivity index (χ0v) is 15.0. The third-order valence-corrected chi connectivity index (χ3v) is 5.09. The summed E-state index contributed by atoms with van der Waals surface area (Å²) in [7, 11) is 0. The molecule has 0 unspecified atom stereocenters. The minimum absolute atomic E-state index is 0.132. The number of nitriles is 1. The Balaban J connectivity index is 1.54. The highest BCUT2D eigenvalue weighted by Crippen LogP contribution is 2.27. The fourth-order valence-electron chi connectivity index (χ4n) is 3.69. The van der Waals surface area contributed by atoms with Crippen molar-refractivity contribution in [3.63, 3.8) is 0 Å². The van der Waals surface area contributed by atoms with Crippen molar-refractivity contribution in [2.45, 2.75) is 38.3 Å². The molecule has 0 atom stereocenters. The molecule has 1 aliphatic carbocycles. The Bertz CT molecular complexity index is 946. The van der Waals surface area contributed by atoms with Crippen LogP contribution in [0.3, 0.4) is 0 Å². The number of amides is 2. The molecule has 27 heavy (non-hydrogen) atoms. The van der Waals surface area contributed by atoms with Crippen molar-refractivity contribution in [2.24, 2.45) is 0 Å². The van der Waals surface area contributed by atoms with Crippen LogP contribution in [0.25, 0.3) is 11.0 Å². The maximum absolute atomic E-state index is 13.0. The maximum Gasteiger partial charge on any atom is 0.322 e. The number of hydrogen-bond acceptors (Lipinski definition) is 3. The second-order valence-corrected chi connectivity index (χ2v) is 6.94. The van der Waals surface area contributed by atoms with Gasteiger partial charge in [0, 0.05) is 17.1 Å². The summed E-state index contributed by atoms with van der Waals surface area (Å²) in [5.74, 6) is 0.790. The van der Waals surface area contributed by atoms with Gasteiger partial charge in [0.15, 0.2) is 0 Å². The molecule has 3 aromatic rings. The number of nitrogens with zero attached hydrogens (tertiary/aromatic N) is 2. The van der Waals surface area contributed by atoms with Crippen molar-refractivity contribution in [3.05, 3.63) is 65.9 Å². The van der Waals surface area contributed by atoms with Crippen LogP contribution in [0.4, 0.5) is 10.5 Å². The quantitative estimate of drug-likeness (QED) is 0.689. The number of benzene rings is 2. The topological polar surface area (TPSA) is 69.3 Å². The molecule has 0 aliphatic heterocycles. The van der Waals surface area contributed by atoms with E-state index in [4.69, 9.17) is 9.68 Å². The number of nitrogens with one attached hydrogen (secondary N) is 1. The molecular weight excluding hydrogens is 338 g/mol. The van der Waals surface area contributed by atoms with E-state index in [9.17, 15) is 4.79 Å². The number of carbonyl (C=O) groups is 1. The van der Waals surface area contributed by atoms with E-state index in [1.165, 1.54) is 0 Å². The maximum atomic E-state index is 13.0. The Morgan fingerprint density at radius 1 is 1.15 bits per heavy atom. The van der Waals surface area contributed by atoms with Crippen LogP contribution in [0.15, 0.2) is 59.0 Å². The summed E-state index contributed by atoms with van der Waals surface area (Å²) in [4.78, 5) is 14.9. The Morgan fingerprint density at radius 3 is 2.59 bits per heavy atom.